The van der Waals surface area contributed by atoms with Gasteiger partial charge in [-0.05, 0) is 30.3 Å². The van der Waals surface area contributed by atoms with Gasteiger partial charge in [0, 0.05) is 74.6 Å². The van der Waals surface area contributed by atoms with Gasteiger partial charge in [0.2, 0.25) is 11.8 Å². The Hall–Kier alpha value is -2.60. The second kappa shape index (κ2) is 10.1. The second-order valence-corrected chi connectivity index (χ2v) is 7.21. The molecular weight excluding hydrogens is 376 g/mol. The minimum absolute atomic E-state index is 0.0330. The number of aromatic nitrogens is 1. The fraction of sp³-hybridized carbons (Fsp3) is 0.381. The minimum Gasteiger partial charge on any atom is -0.368 e. The van der Waals surface area contributed by atoms with E-state index >= 15 is 0 Å². The first-order valence-electron chi connectivity index (χ1n) is 9.57. The molecule has 28 heavy (non-hydrogen) atoms. The lowest BCUT2D eigenvalue weighted by molar-refractivity contribution is -0.133. The van der Waals surface area contributed by atoms with Crippen LogP contribution in [0.4, 0.5) is 5.69 Å². The summed E-state index contributed by atoms with van der Waals surface area (Å²) < 4.78 is 0. The van der Waals surface area contributed by atoms with Crippen molar-refractivity contribution in [1.82, 2.24) is 15.2 Å². The van der Waals surface area contributed by atoms with E-state index in [1.165, 1.54) is 0 Å². The molecule has 7 heteroatoms. The number of nitrogens with zero attached hydrogens (tertiary/aromatic N) is 3. The maximum absolute atomic E-state index is 12.4. The van der Waals surface area contributed by atoms with Crippen molar-refractivity contribution in [3.8, 4) is 0 Å². The largest absolute Gasteiger partial charge is 0.368 e. The van der Waals surface area contributed by atoms with Crippen molar-refractivity contribution < 1.29 is 9.59 Å². The monoisotopic (exact) mass is 400 g/mol. The molecule has 1 saturated heterocycles. The first-order chi connectivity index (χ1) is 13.6. The average molecular weight is 401 g/mol. The normalized spacial score (nSPS) is 14.0. The summed E-state index contributed by atoms with van der Waals surface area (Å²) in [5.41, 5.74) is 2.02. The smallest absolute Gasteiger partial charge is 0.223 e. The number of halogens is 1. The maximum Gasteiger partial charge on any atom is 0.223 e. The standard InChI is InChI=1S/C21H25ClN4O2/c22-17-4-3-6-19(16-17)25-12-14-26(15-13-25)21(28)8-7-20(27)24-11-9-18-5-1-2-10-23-18/h1-6,10,16H,7-9,11-15H2,(H,24,27). The summed E-state index contributed by atoms with van der Waals surface area (Å²) in [6.07, 6.45) is 2.89. The van der Waals surface area contributed by atoms with E-state index in [9.17, 15) is 9.59 Å². The molecular formula is C21H25ClN4O2. The number of piperazine rings is 1. The van der Waals surface area contributed by atoms with Crippen LogP contribution in [0.1, 0.15) is 18.5 Å². The van der Waals surface area contributed by atoms with Crippen LogP contribution in [0.5, 0.6) is 0 Å². The molecule has 1 N–H and O–H groups in total. The highest BCUT2D eigenvalue weighted by molar-refractivity contribution is 6.30. The van der Waals surface area contributed by atoms with Crippen LogP contribution in [-0.2, 0) is 16.0 Å². The number of pyridine rings is 1. The number of amides is 2. The Kier molecular flexibility index (Phi) is 7.25. The Labute approximate surface area is 170 Å². The lowest BCUT2D eigenvalue weighted by Gasteiger charge is -2.36. The molecule has 1 aliphatic heterocycles. The molecule has 2 amide bonds. The van der Waals surface area contributed by atoms with Crippen molar-refractivity contribution in [2.75, 3.05) is 37.6 Å². The number of rotatable bonds is 7. The van der Waals surface area contributed by atoms with Gasteiger partial charge in [-0.25, -0.2) is 0 Å². The van der Waals surface area contributed by atoms with Crippen molar-refractivity contribution in [3.63, 3.8) is 0 Å². The van der Waals surface area contributed by atoms with Gasteiger partial charge in [-0.3, -0.25) is 14.6 Å². The van der Waals surface area contributed by atoms with E-state index in [0.29, 0.717) is 31.1 Å². The summed E-state index contributed by atoms with van der Waals surface area (Å²) in [6, 6.07) is 13.5. The molecule has 1 fully saturated rings. The fourth-order valence-corrected chi connectivity index (χ4v) is 3.41. The van der Waals surface area contributed by atoms with Crippen molar-refractivity contribution in [2.24, 2.45) is 0 Å². The molecule has 1 aromatic heterocycles. The number of carbonyl (C=O) groups is 2. The number of hydrogen-bond donors (Lipinski definition) is 1. The Morgan fingerprint density at radius 1 is 1.04 bits per heavy atom. The molecule has 3 rings (SSSR count). The zero-order chi connectivity index (χ0) is 19.8. The summed E-state index contributed by atoms with van der Waals surface area (Å²) in [7, 11) is 0. The second-order valence-electron chi connectivity index (χ2n) is 6.77. The molecule has 6 nitrogen and oxygen atoms in total. The third kappa shape index (κ3) is 5.96. The molecule has 0 aliphatic carbocycles. The van der Waals surface area contributed by atoms with Crippen LogP contribution in [0.2, 0.25) is 5.02 Å². The summed E-state index contributed by atoms with van der Waals surface area (Å²) in [4.78, 5) is 32.6. The lowest BCUT2D eigenvalue weighted by Crippen LogP contribution is -2.49. The van der Waals surface area contributed by atoms with Crippen LogP contribution in [0.15, 0.2) is 48.7 Å². The summed E-state index contributed by atoms with van der Waals surface area (Å²) in [5, 5.41) is 3.57. The van der Waals surface area contributed by atoms with Crippen molar-refractivity contribution in [1.29, 1.82) is 0 Å². The summed E-state index contributed by atoms with van der Waals surface area (Å²) in [5.74, 6) is -0.0625. The average Bonchev–Trinajstić information content (AvgIpc) is 2.73. The number of carbonyl (C=O) groups excluding carboxylic acids is 2. The van der Waals surface area contributed by atoms with Gasteiger partial charge < -0.3 is 15.1 Å². The third-order valence-corrected chi connectivity index (χ3v) is 5.04. The topological polar surface area (TPSA) is 65.5 Å². The van der Waals surface area contributed by atoms with E-state index in [1.807, 2.05) is 47.4 Å². The molecule has 0 radical (unpaired) electrons. The predicted molar refractivity (Wildman–Crippen MR) is 110 cm³/mol. The maximum atomic E-state index is 12.4. The molecule has 0 unspecified atom stereocenters. The zero-order valence-corrected chi connectivity index (χ0v) is 16.6. The minimum atomic E-state index is -0.0955. The van der Waals surface area contributed by atoms with Gasteiger partial charge in [0.15, 0.2) is 0 Å². The summed E-state index contributed by atoms with van der Waals surface area (Å²) >= 11 is 6.05. The Morgan fingerprint density at radius 3 is 2.57 bits per heavy atom. The van der Waals surface area contributed by atoms with Crippen LogP contribution in [-0.4, -0.2) is 54.4 Å². The van der Waals surface area contributed by atoms with Crippen LogP contribution in [0.25, 0.3) is 0 Å². The van der Waals surface area contributed by atoms with Gasteiger partial charge in [-0.1, -0.05) is 23.7 Å². The Balaban J connectivity index is 1.34. The highest BCUT2D eigenvalue weighted by Gasteiger charge is 2.21. The first kappa shape index (κ1) is 20.1. The number of hydrogen-bond acceptors (Lipinski definition) is 4. The van der Waals surface area contributed by atoms with E-state index in [4.69, 9.17) is 11.6 Å². The number of anilines is 1. The molecule has 148 valence electrons. The van der Waals surface area contributed by atoms with Crippen LogP contribution in [0.3, 0.4) is 0 Å². The third-order valence-electron chi connectivity index (χ3n) is 4.80. The zero-order valence-electron chi connectivity index (χ0n) is 15.8. The van der Waals surface area contributed by atoms with Crippen LogP contribution >= 0.6 is 11.6 Å². The van der Waals surface area contributed by atoms with Gasteiger partial charge in [-0.2, -0.15) is 0 Å². The number of benzene rings is 1. The molecule has 2 aromatic rings. The Morgan fingerprint density at radius 2 is 1.86 bits per heavy atom. The highest BCUT2D eigenvalue weighted by atomic mass is 35.5. The van der Waals surface area contributed by atoms with Gasteiger partial charge in [0.1, 0.15) is 0 Å². The number of nitrogens with one attached hydrogen (secondary N) is 1. The Bertz CT molecular complexity index is 792. The first-order valence-corrected chi connectivity index (χ1v) is 9.94. The quantitative estimate of drug-likeness (QED) is 0.775. The predicted octanol–water partition coefficient (Wildman–Crippen LogP) is 2.52. The van der Waals surface area contributed by atoms with E-state index in [0.717, 1.165) is 24.5 Å². The van der Waals surface area contributed by atoms with Gasteiger partial charge in [0.05, 0.1) is 0 Å². The van der Waals surface area contributed by atoms with Crippen LogP contribution in [0, 0.1) is 0 Å². The van der Waals surface area contributed by atoms with E-state index in [2.05, 4.69) is 15.2 Å². The van der Waals surface area contributed by atoms with Gasteiger partial charge in [-0.15, -0.1) is 0 Å². The molecule has 0 atom stereocenters. The van der Waals surface area contributed by atoms with Crippen molar-refractivity contribution in [3.05, 3.63) is 59.4 Å². The van der Waals surface area contributed by atoms with Crippen molar-refractivity contribution >= 4 is 29.1 Å². The lowest BCUT2D eigenvalue weighted by atomic mass is 10.2. The van der Waals surface area contributed by atoms with Crippen LogP contribution < -0.4 is 10.2 Å². The van der Waals surface area contributed by atoms with Crippen molar-refractivity contribution in [2.45, 2.75) is 19.3 Å². The van der Waals surface area contributed by atoms with Gasteiger partial charge in [0.25, 0.3) is 0 Å². The van der Waals surface area contributed by atoms with E-state index in [-0.39, 0.29) is 24.7 Å². The van der Waals surface area contributed by atoms with Gasteiger partial charge >= 0.3 is 0 Å². The van der Waals surface area contributed by atoms with E-state index in [1.54, 1.807) is 6.20 Å². The van der Waals surface area contributed by atoms with E-state index < -0.39 is 0 Å². The molecule has 0 bridgehead atoms. The SMILES string of the molecule is O=C(CCC(=O)N1CCN(c2cccc(Cl)c2)CC1)NCCc1ccccn1. The molecule has 1 aromatic carbocycles. The molecule has 1 aliphatic rings. The molecule has 2 heterocycles. The fourth-order valence-electron chi connectivity index (χ4n) is 3.23. The highest BCUT2D eigenvalue weighted by Crippen LogP contribution is 2.21. The summed E-state index contributed by atoms with van der Waals surface area (Å²) in [6.45, 7) is 3.38. The molecule has 0 saturated carbocycles. The molecule has 0 spiro atoms.